The van der Waals surface area contributed by atoms with Gasteiger partial charge in [-0.25, -0.2) is 4.98 Å². The highest BCUT2D eigenvalue weighted by atomic mass is 79.9. The summed E-state index contributed by atoms with van der Waals surface area (Å²) in [5.74, 6) is 3.10. The van der Waals surface area contributed by atoms with E-state index in [1.165, 1.54) is 0 Å². The first-order valence-corrected chi connectivity index (χ1v) is 5.03. The van der Waals surface area contributed by atoms with Crippen LogP contribution >= 0.6 is 15.9 Å². The number of rotatable bonds is 2. The first kappa shape index (κ1) is 11.1. The highest BCUT2D eigenvalue weighted by molar-refractivity contribution is 9.10. The molecule has 1 aromatic heterocycles. The fraction of sp³-hybridized carbons (Fsp3) is 0.364. The van der Waals surface area contributed by atoms with Crippen molar-refractivity contribution in [3.63, 3.8) is 0 Å². The fourth-order valence-electron chi connectivity index (χ4n) is 0.860. The molecule has 0 N–H and O–H groups in total. The Bertz CT molecular complexity index is 379. The third kappa shape index (κ3) is 2.74. The van der Waals surface area contributed by atoms with E-state index < -0.39 is 5.60 Å². The second-order valence-electron chi connectivity index (χ2n) is 3.53. The van der Waals surface area contributed by atoms with Crippen LogP contribution in [0.15, 0.2) is 16.7 Å². The van der Waals surface area contributed by atoms with Crippen LogP contribution in [0, 0.1) is 19.3 Å². The van der Waals surface area contributed by atoms with Crippen molar-refractivity contribution in [2.45, 2.75) is 26.4 Å². The summed E-state index contributed by atoms with van der Waals surface area (Å²) in [6.07, 6.45) is 7.02. The van der Waals surface area contributed by atoms with Crippen molar-refractivity contribution in [2.24, 2.45) is 0 Å². The Labute approximate surface area is 92.8 Å². The van der Waals surface area contributed by atoms with Crippen molar-refractivity contribution in [3.05, 3.63) is 22.3 Å². The number of halogens is 1. The molecule has 0 aromatic carbocycles. The average Bonchev–Trinajstić information content (AvgIpc) is 2.11. The summed E-state index contributed by atoms with van der Waals surface area (Å²) in [7, 11) is 0. The van der Waals surface area contributed by atoms with Crippen molar-refractivity contribution in [3.8, 4) is 18.2 Å². The summed E-state index contributed by atoms with van der Waals surface area (Å²) in [5, 5.41) is 0. The highest BCUT2D eigenvalue weighted by Gasteiger charge is 2.16. The Morgan fingerprint density at radius 2 is 2.21 bits per heavy atom. The molecule has 0 aliphatic heterocycles. The maximum atomic E-state index is 5.52. The van der Waals surface area contributed by atoms with Crippen LogP contribution in [0.3, 0.4) is 0 Å². The van der Waals surface area contributed by atoms with Crippen LogP contribution in [0.4, 0.5) is 0 Å². The van der Waals surface area contributed by atoms with Gasteiger partial charge in [0.15, 0.2) is 5.60 Å². The summed E-state index contributed by atoms with van der Waals surface area (Å²) in [6.45, 7) is 5.62. The zero-order chi connectivity index (χ0) is 10.8. The number of ether oxygens (including phenoxy) is 1. The van der Waals surface area contributed by atoms with Crippen molar-refractivity contribution in [1.29, 1.82) is 0 Å². The van der Waals surface area contributed by atoms with Crippen LogP contribution < -0.4 is 4.74 Å². The van der Waals surface area contributed by atoms with Gasteiger partial charge < -0.3 is 4.74 Å². The van der Waals surface area contributed by atoms with Crippen LogP contribution in [0.5, 0.6) is 5.88 Å². The highest BCUT2D eigenvalue weighted by Crippen LogP contribution is 2.21. The zero-order valence-electron chi connectivity index (χ0n) is 8.47. The van der Waals surface area contributed by atoms with Gasteiger partial charge in [0, 0.05) is 16.7 Å². The predicted octanol–water partition coefficient (Wildman–Crippen LogP) is 2.94. The lowest BCUT2D eigenvalue weighted by Gasteiger charge is -2.19. The summed E-state index contributed by atoms with van der Waals surface area (Å²) in [4.78, 5) is 4.11. The Morgan fingerprint density at radius 1 is 1.57 bits per heavy atom. The molecule has 1 aromatic rings. The van der Waals surface area contributed by atoms with E-state index in [0.29, 0.717) is 5.88 Å². The van der Waals surface area contributed by atoms with Gasteiger partial charge in [0.2, 0.25) is 5.88 Å². The quantitative estimate of drug-likeness (QED) is 0.757. The van der Waals surface area contributed by atoms with Gasteiger partial charge in [-0.2, -0.15) is 0 Å². The van der Waals surface area contributed by atoms with Gasteiger partial charge in [0.25, 0.3) is 0 Å². The number of terminal acetylenes is 1. The first-order chi connectivity index (χ1) is 6.44. The molecule has 0 radical (unpaired) electrons. The van der Waals surface area contributed by atoms with Gasteiger partial charge in [0.05, 0.1) is 0 Å². The molecule has 0 fully saturated rings. The van der Waals surface area contributed by atoms with E-state index in [1.54, 1.807) is 6.20 Å². The molecule has 1 rings (SSSR count). The summed E-state index contributed by atoms with van der Waals surface area (Å²) < 4.78 is 6.48. The molecule has 0 saturated carbocycles. The van der Waals surface area contributed by atoms with Gasteiger partial charge in [0.1, 0.15) is 0 Å². The fourth-order valence-corrected chi connectivity index (χ4v) is 1.08. The minimum atomic E-state index is -0.618. The molecule has 0 aliphatic rings. The Morgan fingerprint density at radius 3 is 2.71 bits per heavy atom. The number of nitrogens with zero attached hydrogens (tertiary/aromatic N) is 1. The maximum Gasteiger partial charge on any atom is 0.215 e. The smallest absolute Gasteiger partial charge is 0.215 e. The van der Waals surface area contributed by atoms with E-state index in [1.807, 2.05) is 26.8 Å². The molecule has 14 heavy (non-hydrogen) atoms. The number of aryl methyl sites for hydroxylation is 1. The number of hydrogen-bond acceptors (Lipinski definition) is 2. The first-order valence-electron chi connectivity index (χ1n) is 4.23. The molecule has 2 nitrogen and oxygen atoms in total. The van der Waals surface area contributed by atoms with Crippen LogP contribution in [-0.2, 0) is 0 Å². The van der Waals surface area contributed by atoms with Gasteiger partial charge in [-0.3, -0.25) is 0 Å². The lowest BCUT2D eigenvalue weighted by molar-refractivity contribution is 0.164. The molecule has 0 aliphatic carbocycles. The summed E-state index contributed by atoms with van der Waals surface area (Å²) in [6, 6.07) is 1.85. The molecule has 0 unspecified atom stereocenters. The Hall–Kier alpha value is -1.01. The van der Waals surface area contributed by atoms with Gasteiger partial charge in [-0.1, -0.05) is 5.92 Å². The Balaban J connectivity index is 2.90. The monoisotopic (exact) mass is 253 g/mol. The van der Waals surface area contributed by atoms with Gasteiger partial charge >= 0.3 is 0 Å². The summed E-state index contributed by atoms with van der Waals surface area (Å²) in [5.41, 5.74) is 0.454. The third-order valence-corrected chi connectivity index (χ3v) is 2.56. The minimum Gasteiger partial charge on any atom is -0.458 e. The average molecular weight is 254 g/mol. The van der Waals surface area contributed by atoms with Gasteiger partial charge in [-0.15, -0.1) is 6.42 Å². The second kappa shape index (κ2) is 4.02. The van der Waals surface area contributed by atoms with E-state index in [-0.39, 0.29) is 0 Å². The maximum absolute atomic E-state index is 5.52. The van der Waals surface area contributed by atoms with Crippen molar-refractivity contribution in [2.75, 3.05) is 0 Å². The lowest BCUT2D eigenvalue weighted by Crippen LogP contribution is -2.26. The zero-order valence-corrected chi connectivity index (χ0v) is 10.1. The lowest BCUT2D eigenvalue weighted by atomic mass is 10.1. The number of hydrogen-bond donors (Lipinski definition) is 0. The van der Waals surface area contributed by atoms with E-state index in [4.69, 9.17) is 11.2 Å². The topological polar surface area (TPSA) is 22.1 Å². The largest absolute Gasteiger partial charge is 0.458 e. The molecule has 74 valence electrons. The molecule has 3 heteroatoms. The molecule has 0 bridgehead atoms. The predicted molar refractivity (Wildman–Crippen MR) is 60.2 cm³/mol. The van der Waals surface area contributed by atoms with E-state index in [0.717, 1.165) is 10.0 Å². The molecule has 1 heterocycles. The van der Waals surface area contributed by atoms with E-state index in [9.17, 15) is 0 Å². The molecule has 0 spiro atoms. The van der Waals surface area contributed by atoms with Crippen LogP contribution in [-0.4, -0.2) is 10.6 Å². The molecule has 0 saturated heterocycles. The molecule has 0 atom stereocenters. The SMILES string of the molecule is C#CC(C)(C)Oc1cc(C)c(Br)cn1. The van der Waals surface area contributed by atoms with Crippen LogP contribution in [0.25, 0.3) is 0 Å². The summed E-state index contributed by atoms with van der Waals surface area (Å²) >= 11 is 3.37. The van der Waals surface area contributed by atoms with Crippen LogP contribution in [0.1, 0.15) is 19.4 Å². The number of aromatic nitrogens is 1. The second-order valence-corrected chi connectivity index (χ2v) is 4.38. The third-order valence-electron chi connectivity index (χ3n) is 1.73. The van der Waals surface area contributed by atoms with Crippen molar-refractivity contribution >= 4 is 15.9 Å². The normalized spacial score (nSPS) is 10.8. The minimum absolute atomic E-state index is 0.550. The molecule has 0 amide bonds. The Kier molecular flexibility index (Phi) is 3.17. The number of pyridine rings is 1. The van der Waals surface area contributed by atoms with E-state index in [2.05, 4.69) is 26.8 Å². The standard InChI is InChI=1S/C11H12BrNO/c1-5-11(3,4)14-10-6-8(2)9(12)7-13-10/h1,6-7H,2-4H3. The van der Waals surface area contributed by atoms with Gasteiger partial charge in [-0.05, 0) is 42.3 Å². The van der Waals surface area contributed by atoms with Crippen molar-refractivity contribution < 1.29 is 4.74 Å². The van der Waals surface area contributed by atoms with Crippen LogP contribution in [0.2, 0.25) is 0 Å². The van der Waals surface area contributed by atoms with E-state index >= 15 is 0 Å². The van der Waals surface area contributed by atoms with Crippen molar-refractivity contribution in [1.82, 2.24) is 4.98 Å². The molecular formula is C11H12BrNO. The molecular weight excluding hydrogens is 242 g/mol.